The van der Waals surface area contributed by atoms with Crippen LogP contribution in [0.2, 0.25) is 0 Å². The van der Waals surface area contributed by atoms with Crippen LogP contribution in [-0.4, -0.2) is 80.8 Å². The Kier molecular flexibility index (Phi) is 13.3. The first kappa shape index (κ1) is 39.1. The molecular formula is C36H45F4N3O6S. The second-order valence-corrected chi connectivity index (χ2v) is 14.6. The molecule has 0 aromatic heterocycles. The minimum Gasteiger partial charge on any atom is -0.490 e. The van der Waals surface area contributed by atoms with E-state index >= 15 is 0 Å². The van der Waals surface area contributed by atoms with Crippen LogP contribution < -0.4 is 9.46 Å². The number of sulfonamides is 1. The number of alkyl halides is 3. The zero-order valence-corrected chi connectivity index (χ0v) is 29.4. The fourth-order valence-electron chi connectivity index (χ4n) is 5.76. The first-order valence-electron chi connectivity index (χ1n) is 16.5. The predicted molar refractivity (Wildman–Crippen MR) is 182 cm³/mol. The van der Waals surface area contributed by atoms with Crippen LogP contribution in [0.1, 0.15) is 61.5 Å². The lowest BCUT2D eigenvalue weighted by atomic mass is 10.0. The summed E-state index contributed by atoms with van der Waals surface area (Å²) in [5.41, 5.74) is 0.178. The first-order valence-corrected chi connectivity index (χ1v) is 18.0. The number of rotatable bonds is 9. The van der Waals surface area contributed by atoms with Gasteiger partial charge in [-0.2, -0.15) is 13.2 Å². The number of likely N-dealkylation sites (N-methyl/N-ethyl adjacent to an activating group) is 1. The highest BCUT2D eigenvalue weighted by atomic mass is 32.2. The fraction of sp³-hybridized carbons (Fsp3) is 0.472. The number of ether oxygens (including phenoxy) is 2. The molecule has 274 valence electrons. The summed E-state index contributed by atoms with van der Waals surface area (Å²) in [6, 6.07) is 13.2. The van der Waals surface area contributed by atoms with Gasteiger partial charge in [0.25, 0.3) is 15.9 Å². The van der Waals surface area contributed by atoms with Crippen molar-refractivity contribution in [2.24, 2.45) is 5.92 Å². The van der Waals surface area contributed by atoms with Gasteiger partial charge in [-0.15, -0.1) is 0 Å². The monoisotopic (exact) mass is 723 g/mol. The van der Waals surface area contributed by atoms with Crippen molar-refractivity contribution in [2.45, 2.75) is 75.9 Å². The van der Waals surface area contributed by atoms with Crippen molar-refractivity contribution < 1.29 is 45.4 Å². The van der Waals surface area contributed by atoms with Gasteiger partial charge in [0, 0.05) is 37.8 Å². The summed E-state index contributed by atoms with van der Waals surface area (Å²) in [6.07, 6.45) is -2.91. The highest BCUT2D eigenvalue weighted by Crippen LogP contribution is 2.31. The van der Waals surface area contributed by atoms with Crippen molar-refractivity contribution >= 4 is 21.6 Å². The van der Waals surface area contributed by atoms with E-state index < -0.39 is 39.5 Å². The lowest BCUT2D eigenvalue weighted by Crippen LogP contribution is -2.47. The van der Waals surface area contributed by atoms with E-state index in [0.717, 1.165) is 49.2 Å². The Labute approximate surface area is 291 Å². The van der Waals surface area contributed by atoms with Crippen LogP contribution in [0, 0.1) is 11.7 Å². The molecule has 3 aromatic rings. The number of nitrogens with one attached hydrogen (secondary N) is 1. The van der Waals surface area contributed by atoms with E-state index in [1.54, 1.807) is 6.92 Å². The van der Waals surface area contributed by atoms with Crippen LogP contribution in [0.5, 0.6) is 5.75 Å². The second-order valence-electron chi connectivity index (χ2n) is 13.0. The number of benzene rings is 3. The fourth-order valence-corrected chi connectivity index (χ4v) is 6.81. The van der Waals surface area contributed by atoms with Gasteiger partial charge in [-0.3, -0.25) is 14.4 Å². The van der Waals surface area contributed by atoms with Gasteiger partial charge in [0.2, 0.25) is 0 Å². The number of nitrogens with zero attached hydrogens (tertiary/aromatic N) is 2. The van der Waals surface area contributed by atoms with E-state index in [9.17, 15) is 35.9 Å². The third kappa shape index (κ3) is 10.6. The van der Waals surface area contributed by atoms with Gasteiger partial charge < -0.3 is 19.5 Å². The molecule has 14 heteroatoms. The number of aliphatic hydroxyl groups is 1. The summed E-state index contributed by atoms with van der Waals surface area (Å²) in [4.78, 5) is 17.6. The summed E-state index contributed by atoms with van der Waals surface area (Å²) in [7, 11) is -2.27. The number of hydrogen-bond acceptors (Lipinski definition) is 7. The molecule has 0 saturated heterocycles. The topological polar surface area (TPSA) is 108 Å². The minimum absolute atomic E-state index is 0.0922. The molecule has 0 unspecified atom stereocenters. The number of anilines is 1. The maximum Gasteiger partial charge on any atom is 0.416 e. The largest absolute Gasteiger partial charge is 0.490 e. The normalized spacial score (nSPS) is 20.5. The molecule has 1 heterocycles. The van der Waals surface area contributed by atoms with Gasteiger partial charge in [0.1, 0.15) is 11.6 Å². The molecule has 1 aliphatic heterocycles. The Bertz CT molecular complexity index is 1670. The van der Waals surface area contributed by atoms with Crippen LogP contribution in [0.15, 0.2) is 71.6 Å². The first-order chi connectivity index (χ1) is 23.6. The van der Waals surface area contributed by atoms with Gasteiger partial charge >= 0.3 is 6.18 Å². The van der Waals surface area contributed by atoms with Crippen molar-refractivity contribution in [3.63, 3.8) is 0 Å². The standard InChI is InChI=1S/C36H45F4N3O6S/c1-24-20-43(25(2)23-44)35(45)32-19-30(41-50(46,47)31-15-12-29(37)13-16-31)14-17-33(32)49-26(3)7-5-6-18-48-34(24)22-42(4)21-27-8-10-28(11-9-27)36(38,39)40/h8-17,19,24-26,34,41,44H,5-7,18,20-23H2,1-4H3/t24-,25+,26+,34-/m0/s1. The van der Waals surface area contributed by atoms with Crippen molar-refractivity contribution in [2.75, 3.05) is 38.1 Å². The van der Waals surface area contributed by atoms with Gasteiger partial charge in [0.05, 0.1) is 40.9 Å². The predicted octanol–water partition coefficient (Wildman–Crippen LogP) is 6.57. The van der Waals surface area contributed by atoms with Gasteiger partial charge in [0.15, 0.2) is 0 Å². The molecule has 3 aromatic carbocycles. The minimum atomic E-state index is -4.42. The summed E-state index contributed by atoms with van der Waals surface area (Å²) in [6.45, 7) is 6.57. The second kappa shape index (κ2) is 17.0. The number of carbonyl (C=O) groups is 1. The van der Waals surface area contributed by atoms with Crippen LogP contribution >= 0.6 is 0 Å². The van der Waals surface area contributed by atoms with E-state index in [-0.39, 0.29) is 53.2 Å². The highest BCUT2D eigenvalue weighted by molar-refractivity contribution is 7.92. The van der Waals surface area contributed by atoms with E-state index in [4.69, 9.17) is 9.47 Å². The molecule has 0 radical (unpaired) electrons. The number of halogens is 4. The molecule has 50 heavy (non-hydrogen) atoms. The lowest BCUT2D eigenvalue weighted by Gasteiger charge is -2.36. The Balaban J connectivity index is 1.61. The van der Waals surface area contributed by atoms with Crippen LogP contribution in [-0.2, 0) is 27.5 Å². The zero-order chi connectivity index (χ0) is 36.6. The molecule has 0 fully saturated rings. The van der Waals surface area contributed by atoms with Gasteiger partial charge in [-0.25, -0.2) is 12.8 Å². The van der Waals surface area contributed by atoms with Gasteiger partial charge in [-0.1, -0.05) is 19.1 Å². The summed E-state index contributed by atoms with van der Waals surface area (Å²) >= 11 is 0. The summed E-state index contributed by atoms with van der Waals surface area (Å²) in [5, 5.41) is 10.2. The Hall–Kier alpha value is -3.72. The van der Waals surface area contributed by atoms with E-state index in [2.05, 4.69) is 4.72 Å². The number of amides is 1. The zero-order valence-electron chi connectivity index (χ0n) is 28.6. The molecule has 0 saturated carbocycles. The Morgan fingerprint density at radius 3 is 2.36 bits per heavy atom. The Morgan fingerprint density at radius 1 is 1.04 bits per heavy atom. The van der Waals surface area contributed by atoms with Crippen LogP contribution in [0.3, 0.4) is 0 Å². The summed E-state index contributed by atoms with van der Waals surface area (Å²) in [5.74, 6) is -1.07. The maximum absolute atomic E-state index is 14.3. The molecule has 1 aliphatic rings. The molecule has 1 amide bonds. The third-order valence-electron chi connectivity index (χ3n) is 8.65. The molecular weight excluding hydrogens is 678 g/mol. The molecule has 0 spiro atoms. The van der Waals surface area contributed by atoms with Crippen molar-refractivity contribution in [3.8, 4) is 5.75 Å². The average molecular weight is 724 g/mol. The number of fused-ring (bicyclic) bond motifs is 1. The van der Waals surface area contributed by atoms with E-state index in [0.29, 0.717) is 31.7 Å². The number of aliphatic hydroxyl groups excluding tert-OH is 1. The molecule has 0 aliphatic carbocycles. The molecule has 4 atom stereocenters. The SMILES string of the molecule is C[C@@H]1CCCCO[C@@H](CN(C)Cc2ccc(C(F)(F)F)cc2)[C@@H](C)CN([C@H](C)CO)C(=O)c2cc(NS(=O)(=O)c3ccc(F)cc3)ccc2O1. The maximum atomic E-state index is 14.3. The van der Waals surface area contributed by atoms with E-state index in [1.807, 2.05) is 25.8 Å². The number of hydrogen-bond donors (Lipinski definition) is 2. The lowest BCUT2D eigenvalue weighted by molar-refractivity contribution is -0.137. The molecule has 2 N–H and O–H groups in total. The van der Waals surface area contributed by atoms with E-state index in [1.165, 1.54) is 35.2 Å². The molecule has 0 bridgehead atoms. The van der Waals surface area contributed by atoms with Crippen molar-refractivity contribution in [1.82, 2.24) is 9.80 Å². The van der Waals surface area contributed by atoms with Crippen LogP contribution in [0.4, 0.5) is 23.2 Å². The van der Waals surface area contributed by atoms with Crippen molar-refractivity contribution in [1.29, 1.82) is 0 Å². The summed E-state index contributed by atoms with van der Waals surface area (Å²) < 4.78 is 93.8. The molecule has 9 nitrogen and oxygen atoms in total. The van der Waals surface area contributed by atoms with Crippen molar-refractivity contribution in [3.05, 3.63) is 89.2 Å². The number of carbonyl (C=O) groups excluding carboxylic acids is 1. The molecule has 4 rings (SSSR count). The quantitative estimate of drug-likeness (QED) is 0.241. The Morgan fingerprint density at radius 2 is 1.72 bits per heavy atom. The third-order valence-corrected chi connectivity index (χ3v) is 10.1. The smallest absolute Gasteiger partial charge is 0.416 e. The van der Waals surface area contributed by atoms with Crippen LogP contribution in [0.25, 0.3) is 0 Å². The average Bonchev–Trinajstić information content (AvgIpc) is 3.06. The van der Waals surface area contributed by atoms with Gasteiger partial charge in [-0.05, 0) is 100 Å². The highest BCUT2D eigenvalue weighted by Gasteiger charge is 2.32.